The molecule has 0 aliphatic carbocycles. The van der Waals surface area contributed by atoms with E-state index in [9.17, 15) is 4.39 Å². The van der Waals surface area contributed by atoms with Gasteiger partial charge in [-0.05, 0) is 49.0 Å². The summed E-state index contributed by atoms with van der Waals surface area (Å²) in [5.74, 6) is 0.503. The lowest BCUT2D eigenvalue weighted by atomic mass is 10.1. The Morgan fingerprint density at radius 1 is 1.17 bits per heavy atom. The topological polar surface area (TPSA) is 25.4 Å². The van der Waals surface area contributed by atoms with Crippen LogP contribution in [-0.2, 0) is 6.54 Å². The summed E-state index contributed by atoms with van der Waals surface area (Å²) in [6, 6.07) is 14.1. The van der Waals surface area contributed by atoms with E-state index in [-0.39, 0.29) is 5.82 Å². The second kappa shape index (κ2) is 7.60. The average molecular weight is 345 g/mol. The first-order chi connectivity index (χ1) is 11.6. The van der Waals surface area contributed by atoms with E-state index in [0.29, 0.717) is 24.7 Å². The molecule has 0 N–H and O–H groups in total. The van der Waals surface area contributed by atoms with Crippen molar-refractivity contribution < 1.29 is 9.13 Å². The Bertz CT molecular complexity index is 840. The molecule has 0 unspecified atom stereocenters. The highest BCUT2D eigenvalue weighted by Gasteiger charge is 2.08. The third-order valence-corrected chi connectivity index (χ3v) is 3.96. The zero-order chi connectivity index (χ0) is 16.9. The van der Waals surface area contributed by atoms with Crippen LogP contribution in [0.1, 0.15) is 5.56 Å². The highest BCUT2D eigenvalue weighted by molar-refractivity contribution is 6.30. The molecule has 0 bridgehead atoms. The number of halogens is 2. The summed E-state index contributed by atoms with van der Waals surface area (Å²) in [5.41, 5.74) is 1.71. The highest BCUT2D eigenvalue weighted by Crippen LogP contribution is 2.20. The average Bonchev–Trinajstić information content (AvgIpc) is 2.55. The molecule has 0 fully saturated rings. The first-order valence-electron chi connectivity index (χ1n) is 7.72. The summed E-state index contributed by atoms with van der Waals surface area (Å²) >= 11 is 5.93. The van der Waals surface area contributed by atoms with Crippen molar-refractivity contribution >= 4 is 22.5 Å². The predicted octanol–water partition coefficient (Wildman–Crippen LogP) is 4.54. The van der Waals surface area contributed by atoms with Crippen LogP contribution >= 0.6 is 11.6 Å². The number of aromatic nitrogens is 1. The van der Waals surface area contributed by atoms with E-state index in [2.05, 4.69) is 9.88 Å². The SMILES string of the molecule is CN(CCOc1cccc(Cl)c1)Cc1cc(F)cc2cccnc12. The minimum Gasteiger partial charge on any atom is -0.492 e. The largest absolute Gasteiger partial charge is 0.492 e. The molecule has 0 aliphatic rings. The number of ether oxygens (including phenoxy) is 1. The molecule has 0 spiro atoms. The van der Waals surface area contributed by atoms with E-state index in [4.69, 9.17) is 16.3 Å². The maximum Gasteiger partial charge on any atom is 0.124 e. The van der Waals surface area contributed by atoms with Gasteiger partial charge in [-0.25, -0.2) is 4.39 Å². The van der Waals surface area contributed by atoms with Crippen molar-refractivity contribution in [2.24, 2.45) is 0 Å². The zero-order valence-corrected chi connectivity index (χ0v) is 14.1. The molecule has 0 saturated heterocycles. The summed E-state index contributed by atoms with van der Waals surface area (Å²) in [5, 5.41) is 1.47. The van der Waals surface area contributed by atoms with Crippen LogP contribution in [-0.4, -0.2) is 30.1 Å². The molecule has 5 heteroatoms. The number of hydrogen-bond acceptors (Lipinski definition) is 3. The van der Waals surface area contributed by atoms with E-state index in [0.717, 1.165) is 22.2 Å². The van der Waals surface area contributed by atoms with Gasteiger partial charge in [-0.1, -0.05) is 23.7 Å². The zero-order valence-electron chi connectivity index (χ0n) is 13.4. The van der Waals surface area contributed by atoms with Crippen molar-refractivity contribution in [1.29, 1.82) is 0 Å². The van der Waals surface area contributed by atoms with Gasteiger partial charge in [0.15, 0.2) is 0 Å². The van der Waals surface area contributed by atoms with Crippen molar-refractivity contribution in [1.82, 2.24) is 9.88 Å². The van der Waals surface area contributed by atoms with E-state index >= 15 is 0 Å². The number of pyridine rings is 1. The Morgan fingerprint density at radius 2 is 2.04 bits per heavy atom. The third-order valence-electron chi connectivity index (χ3n) is 3.73. The van der Waals surface area contributed by atoms with Crippen molar-refractivity contribution in [2.45, 2.75) is 6.54 Å². The molecule has 0 atom stereocenters. The molecular formula is C19H18ClFN2O. The normalized spacial score (nSPS) is 11.2. The number of likely N-dealkylation sites (N-methyl/N-ethyl adjacent to an activating group) is 1. The summed E-state index contributed by atoms with van der Waals surface area (Å²) < 4.78 is 19.5. The van der Waals surface area contributed by atoms with Gasteiger partial charge in [0.05, 0.1) is 5.52 Å². The lowest BCUT2D eigenvalue weighted by Crippen LogP contribution is -2.24. The molecule has 0 aliphatic heterocycles. The summed E-state index contributed by atoms with van der Waals surface area (Å²) in [6.45, 7) is 1.83. The van der Waals surface area contributed by atoms with Gasteiger partial charge >= 0.3 is 0 Å². The van der Waals surface area contributed by atoms with Gasteiger partial charge in [0.1, 0.15) is 18.2 Å². The van der Waals surface area contributed by atoms with E-state index in [1.165, 1.54) is 6.07 Å². The van der Waals surface area contributed by atoms with Crippen LogP contribution in [0.2, 0.25) is 5.02 Å². The van der Waals surface area contributed by atoms with Crippen LogP contribution in [0.4, 0.5) is 4.39 Å². The number of nitrogens with zero attached hydrogens (tertiary/aromatic N) is 2. The van der Waals surface area contributed by atoms with Crippen LogP contribution < -0.4 is 4.74 Å². The van der Waals surface area contributed by atoms with Crippen LogP contribution in [0.5, 0.6) is 5.75 Å². The van der Waals surface area contributed by atoms with Crippen LogP contribution in [0.25, 0.3) is 10.9 Å². The number of fused-ring (bicyclic) bond motifs is 1. The molecule has 3 rings (SSSR count). The van der Waals surface area contributed by atoms with Crippen molar-refractivity contribution in [2.75, 3.05) is 20.2 Å². The lowest BCUT2D eigenvalue weighted by Gasteiger charge is -2.18. The minimum absolute atomic E-state index is 0.242. The minimum atomic E-state index is -0.242. The van der Waals surface area contributed by atoms with E-state index in [1.807, 2.05) is 37.4 Å². The lowest BCUT2D eigenvalue weighted by molar-refractivity contribution is 0.233. The quantitative estimate of drug-likeness (QED) is 0.656. The Morgan fingerprint density at radius 3 is 2.88 bits per heavy atom. The van der Waals surface area contributed by atoms with Gasteiger partial charge in [-0.3, -0.25) is 9.88 Å². The molecule has 0 amide bonds. The first kappa shape index (κ1) is 16.7. The molecule has 24 heavy (non-hydrogen) atoms. The maximum absolute atomic E-state index is 13.8. The number of hydrogen-bond donors (Lipinski definition) is 0. The molecule has 0 saturated carbocycles. The van der Waals surface area contributed by atoms with Crippen molar-refractivity contribution in [3.63, 3.8) is 0 Å². The van der Waals surface area contributed by atoms with Crippen molar-refractivity contribution in [3.8, 4) is 5.75 Å². The third kappa shape index (κ3) is 4.22. The van der Waals surface area contributed by atoms with E-state index < -0.39 is 0 Å². The van der Waals surface area contributed by atoms with Crippen LogP contribution in [0.15, 0.2) is 54.7 Å². The van der Waals surface area contributed by atoms with E-state index in [1.54, 1.807) is 18.3 Å². The van der Waals surface area contributed by atoms with Gasteiger partial charge in [0.25, 0.3) is 0 Å². The highest BCUT2D eigenvalue weighted by atomic mass is 35.5. The summed E-state index contributed by atoms with van der Waals surface area (Å²) in [6.07, 6.45) is 1.73. The van der Waals surface area contributed by atoms with Gasteiger partial charge in [0, 0.05) is 29.7 Å². The Kier molecular flexibility index (Phi) is 5.28. The fourth-order valence-electron chi connectivity index (χ4n) is 2.59. The van der Waals surface area contributed by atoms with Crippen LogP contribution in [0, 0.1) is 5.82 Å². The van der Waals surface area contributed by atoms with Gasteiger partial charge in [0.2, 0.25) is 0 Å². The molecular weight excluding hydrogens is 327 g/mol. The van der Waals surface area contributed by atoms with Crippen molar-refractivity contribution in [3.05, 3.63) is 71.1 Å². The summed E-state index contributed by atoms with van der Waals surface area (Å²) in [7, 11) is 1.97. The molecule has 124 valence electrons. The Hall–Kier alpha value is -2.17. The predicted molar refractivity (Wildman–Crippen MR) is 95.0 cm³/mol. The Labute approximate surface area is 145 Å². The molecule has 1 heterocycles. The number of benzene rings is 2. The van der Waals surface area contributed by atoms with Gasteiger partial charge in [-0.15, -0.1) is 0 Å². The monoisotopic (exact) mass is 344 g/mol. The van der Waals surface area contributed by atoms with Crippen LogP contribution in [0.3, 0.4) is 0 Å². The maximum atomic E-state index is 13.8. The molecule has 1 aromatic heterocycles. The van der Waals surface area contributed by atoms with Gasteiger partial charge in [-0.2, -0.15) is 0 Å². The smallest absolute Gasteiger partial charge is 0.124 e. The second-order valence-corrected chi connectivity index (χ2v) is 6.12. The fraction of sp³-hybridized carbons (Fsp3) is 0.211. The first-order valence-corrected chi connectivity index (χ1v) is 8.10. The molecule has 2 aromatic carbocycles. The fourth-order valence-corrected chi connectivity index (χ4v) is 2.77. The number of rotatable bonds is 6. The molecule has 0 radical (unpaired) electrons. The summed E-state index contributed by atoms with van der Waals surface area (Å²) in [4.78, 5) is 6.45. The molecule has 3 nitrogen and oxygen atoms in total. The molecule has 3 aromatic rings. The van der Waals surface area contributed by atoms with Gasteiger partial charge < -0.3 is 4.74 Å². The second-order valence-electron chi connectivity index (χ2n) is 5.68. The standard InChI is InChI=1S/C19H18ClFN2O/c1-23(8-9-24-18-6-2-5-16(20)12-18)13-15-11-17(21)10-14-4-3-7-22-19(14)15/h2-7,10-12H,8-9,13H2,1H3. The Balaban J connectivity index is 1.62.